The van der Waals surface area contributed by atoms with Crippen LogP contribution in [0.15, 0.2) is 42.6 Å². The number of alkyl halides is 3. The Bertz CT molecular complexity index is 807. The summed E-state index contributed by atoms with van der Waals surface area (Å²) < 4.78 is 43.3. The molecule has 1 aliphatic rings. The molecule has 9 heteroatoms. The average Bonchev–Trinajstić information content (AvgIpc) is 2.65. The van der Waals surface area contributed by atoms with Crippen LogP contribution in [-0.2, 0) is 6.18 Å². The second kappa shape index (κ2) is 8.68. The highest BCUT2D eigenvalue weighted by Crippen LogP contribution is 2.30. The van der Waals surface area contributed by atoms with Crippen molar-refractivity contribution >= 4 is 23.3 Å². The Morgan fingerprint density at radius 3 is 2.43 bits per heavy atom. The van der Waals surface area contributed by atoms with Crippen molar-refractivity contribution in [2.45, 2.75) is 44.0 Å². The molecule has 2 N–H and O–H groups in total. The highest BCUT2D eigenvalue weighted by Gasteiger charge is 2.31. The van der Waals surface area contributed by atoms with Gasteiger partial charge in [0.05, 0.1) is 16.3 Å². The summed E-state index contributed by atoms with van der Waals surface area (Å²) in [5.74, 6) is 0.167. The fraction of sp³-hybridized carbons (Fsp3) is 0.368. The van der Waals surface area contributed by atoms with Gasteiger partial charge in [-0.25, -0.2) is 9.78 Å². The van der Waals surface area contributed by atoms with Gasteiger partial charge >= 0.3 is 12.2 Å². The van der Waals surface area contributed by atoms with E-state index in [1.54, 1.807) is 24.3 Å². The number of carbonyl (C=O) groups excluding carboxylic acids is 1. The summed E-state index contributed by atoms with van der Waals surface area (Å²) in [4.78, 5) is 15.8. The number of hydrogen-bond donors (Lipinski definition) is 2. The minimum Gasteiger partial charge on any atom is -0.474 e. The molecule has 1 aromatic carbocycles. The number of ether oxygens (including phenoxy) is 1. The van der Waals surface area contributed by atoms with Crippen LogP contribution >= 0.6 is 11.6 Å². The molecule has 2 amide bonds. The molecule has 0 saturated heterocycles. The predicted octanol–water partition coefficient (Wildman–Crippen LogP) is 5.27. The average molecular weight is 414 g/mol. The number of benzene rings is 1. The molecule has 1 aliphatic carbocycles. The summed E-state index contributed by atoms with van der Waals surface area (Å²) in [5.41, 5.74) is -0.274. The van der Waals surface area contributed by atoms with Gasteiger partial charge in [0.2, 0.25) is 5.88 Å². The van der Waals surface area contributed by atoms with Gasteiger partial charge in [-0.3, -0.25) is 0 Å². The van der Waals surface area contributed by atoms with Gasteiger partial charge in [-0.05, 0) is 43.9 Å². The third-order valence-corrected chi connectivity index (χ3v) is 4.81. The maximum Gasteiger partial charge on any atom is 0.417 e. The SMILES string of the molecule is O=C(Nc1ccccc1Cl)NC1CCC(Oc2ccc(C(F)(F)F)cn2)CC1. The first kappa shape index (κ1) is 20.3. The molecule has 1 heterocycles. The standard InChI is InChI=1S/C19H19ClF3N3O2/c20-15-3-1-2-4-16(15)26-18(27)25-13-6-8-14(9-7-13)28-17-10-5-12(11-24-17)19(21,22)23/h1-5,10-11,13-14H,6-9H2,(H2,25,26,27). The van der Waals surface area contributed by atoms with Crippen molar-refractivity contribution in [3.05, 3.63) is 53.2 Å². The maximum atomic E-state index is 12.6. The number of hydrogen-bond acceptors (Lipinski definition) is 3. The monoisotopic (exact) mass is 413 g/mol. The van der Waals surface area contributed by atoms with E-state index in [4.69, 9.17) is 16.3 Å². The van der Waals surface area contributed by atoms with Crippen LogP contribution in [0, 0.1) is 0 Å². The van der Waals surface area contributed by atoms with E-state index in [0.29, 0.717) is 36.4 Å². The number of anilines is 1. The van der Waals surface area contributed by atoms with Crippen LogP contribution in [0.2, 0.25) is 5.02 Å². The first-order valence-electron chi connectivity index (χ1n) is 8.83. The van der Waals surface area contributed by atoms with Crippen molar-refractivity contribution in [1.29, 1.82) is 0 Å². The van der Waals surface area contributed by atoms with Gasteiger partial charge < -0.3 is 15.4 Å². The van der Waals surface area contributed by atoms with Crippen LogP contribution < -0.4 is 15.4 Å². The smallest absolute Gasteiger partial charge is 0.417 e. The zero-order valence-electron chi connectivity index (χ0n) is 14.8. The van der Waals surface area contributed by atoms with Crippen LogP contribution in [0.25, 0.3) is 0 Å². The Balaban J connectivity index is 1.44. The van der Waals surface area contributed by atoms with Gasteiger partial charge in [-0.1, -0.05) is 23.7 Å². The van der Waals surface area contributed by atoms with Gasteiger partial charge in [-0.2, -0.15) is 13.2 Å². The molecule has 2 aromatic rings. The lowest BCUT2D eigenvalue weighted by molar-refractivity contribution is -0.137. The lowest BCUT2D eigenvalue weighted by atomic mass is 9.93. The zero-order valence-corrected chi connectivity index (χ0v) is 15.6. The van der Waals surface area contributed by atoms with Crippen molar-refractivity contribution in [2.75, 3.05) is 5.32 Å². The van der Waals surface area contributed by atoms with Gasteiger partial charge in [0, 0.05) is 18.3 Å². The second-order valence-corrected chi connectivity index (χ2v) is 6.96. The molecule has 0 atom stereocenters. The van der Waals surface area contributed by atoms with Crippen molar-refractivity contribution in [1.82, 2.24) is 10.3 Å². The number of aromatic nitrogens is 1. The van der Waals surface area contributed by atoms with Crippen LogP contribution in [0.5, 0.6) is 5.88 Å². The first-order chi connectivity index (χ1) is 13.3. The molecule has 28 heavy (non-hydrogen) atoms. The highest BCUT2D eigenvalue weighted by atomic mass is 35.5. The molecule has 1 saturated carbocycles. The van der Waals surface area contributed by atoms with Crippen LogP contribution in [0.1, 0.15) is 31.2 Å². The Hall–Kier alpha value is -2.48. The molecule has 0 unspecified atom stereocenters. The Kier molecular flexibility index (Phi) is 6.28. The van der Waals surface area contributed by atoms with E-state index >= 15 is 0 Å². The third-order valence-electron chi connectivity index (χ3n) is 4.48. The molecule has 0 spiro atoms. The number of urea groups is 1. The number of carbonyl (C=O) groups is 1. The van der Waals surface area contributed by atoms with E-state index < -0.39 is 11.7 Å². The van der Waals surface area contributed by atoms with Crippen molar-refractivity contribution in [2.24, 2.45) is 0 Å². The van der Waals surface area contributed by atoms with Crippen LogP contribution in [-0.4, -0.2) is 23.2 Å². The summed E-state index contributed by atoms with van der Waals surface area (Å²) in [5, 5.41) is 6.07. The molecule has 3 rings (SSSR count). The van der Waals surface area contributed by atoms with E-state index in [0.717, 1.165) is 12.3 Å². The molecule has 0 radical (unpaired) electrons. The summed E-state index contributed by atoms with van der Waals surface area (Å²) in [7, 11) is 0. The fourth-order valence-electron chi connectivity index (χ4n) is 3.02. The van der Waals surface area contributed by atoms with E-state index in [-0.39, 0.29) is 24.1 Å². The lowest BCUT2D eigenvalue weighted by Gasteiger charge is -2.29. The van der Waals surface area contributed by atoms with E-state index in [1.165, 1.54) is 6.07 Å². The van der Waals surface area contributed by atoms with E-state index in [1.807, 2.05) is 0 Å². The number of nitrogens with one attached hydrogen (secondary N) is 2. The number of halogens is 4. The van der Waals surface area contributed by atoms with Gasteiger partial charge in [-0.15, -0.1) is 0 Å². The minimum absolute atomic E-state index is 0.0112. The number of nitrogens with zero attached hydrogens (tertiary/aromatic N) is 1. The van der Waals surface area contributed by atoms with E-state index in [9.17, 15) is 18.0 Å². The Labute approximate surface area is 165 Å². The minimum atomic E-state index is -4.42. The quantitative estimate of drug-likeness (QED) is 0.718. The number of amides is 2. The lowest BCUT2D eigenvalue weighted by Crippen LogP contribution is -2.41. The predicted molar refractivity (Wildman–Crippen MR) is 99.5 cm³/mol. The molecule has 1 fully saturated rings. The Morgan fingerprint density at radius 2 is 1.82 bits per heavy atom. The number of para-hydroxylation sites is 1. The third kappa shape index (κ3) is 5.51. The molecular weight excluding hydrogens is 395 g/mol. The summed E-state index contributed by atoms with van der Waals surface area (Å²) in [6.07, 6.45) is -1.07. The normalized spacial score (nSPS) is 19.7. The molecule has 0 aliphatic heterocycles. The Morgan fingerprint density at radius 1 is 1.11 bits per heavy atom. The zero-order chi connectivity index (χ0) is 20.1. The van der Waals surface area contributed by atoms with E-state index in [2.05, 4.69) is 15.6 Å². The highest BCUT2D eigenvalue weighted by molar-refractivity contribution is 6.33. The molecule has 5 nitrogen and oxygen atoms in total. The number of pyridine rings is 1. The molecule has 150 valence electrons. The van der Waals surface area contributed by atoms with Crippen molar-refractivity contribution < 1.29 is 22.7 Å². The van der Waals surface area contributed by atoms with Gasteiger partial charge in [0.25, 0.3) is 0 Å². The number of rotatable bonds is 4. The summed E-state index contributed by atoms with van der Waals surface area (Å²) >= 11 is 6.01. The van der Waals surface area contributed by atoms with Crippen LogP contribution in [0.4, 0.5) is 23.7 Å². The topological polar surface area (TPSA) is 63.2 Å². The second-order valence-electron chi connectivity index (χ2n) is 6.55. The first-order valence-corrected chi connectivity index (χ1v) is 9.21. The molecule has 1 aromatic heterocycles. The summed E-state index contributed by atoms with van der Waals surface area (Å²) in [6, 6.07) is 8.79. The van der Waals surface area contributed by atoms with Crippen molar-refractivity contribution in [3.8, 4) is 5.88 Å². The molecule has 0 bridgehead atoms. The largest absolute Gasteiger partial charge is 0.474 e. The molecular formula is C19H19ClF3N3O2. The van der Waals surface area contributed by atoms with Crippen molar-refractivity contribution in [3.63, 3.8) is 0 Å². The fourth-order valence-corrected chi connectivity index (χ4v) is 3.20. The van der Waals surface area contributed by atoms with Gasteiger partial charge in [0.15, 0.2) is 0 Å². The van der Waals surface area contributed by atoms with Gasteiger partial charge in [0.1, 0.15) is 6.10 Å². The summed E-state index contributed by atoms with van der Waals surface area (Å²) in [6.45, 7) is 0. The van der Waals surface area contributed by atoms with Crippen LogP contribution in [0.3, 0.4) is 0 Å². The maximum absolute atomic E-state index is 12.6.